The zero-order chi connectivity index (χ0) is 17.2. The van der Waals surface area contributed by atoms with E-state index in [1.165, 1.54) is 17.7 Å². The van der Waals surface area contributed by atoms with E-state index in [4.69, 9.17) is 0 Å². The molecule has 1 aliphatic heterocycles. The molecule has 0 radical (unpaired) electrons. The number of fused-ring (bicyclic) bond motifs is 2. The van der Waals surface area contributed by atoms with Gasteiger partial charge in [0.1, 0.15) is 11.5 Å². The number of nitrogens with one attached hydrogen (secondary N) is 2. The van der Waals surface area contributed by atoms with Crippen molar-refractivity contribution >= 4 is 5.91 Å². The molecule has 0 atom stereocenters. The molecule has 0 unspecified atom stereocenters. The molecular weight excluding hydrogens is 316 g/mol. The normalized spacial score (nSPS) is 16.2. The lowest BCUT2D eigenvalue weighted by Gasteiger charge is -2.07. The van der Waals surface area contributed by atoms with Gasteiger partial charge in [0.25, 0.3) is 5.91 Å². The second-order valence-electron chi connectivity index (χ2n) is 6.78. The van der Waals surface area contributed by atoms with E-state index in [2.05, 4.69) is 32.6 Å². The molecule has 0 aromatic carbocycles. The highest BCUT2D eigenvalue weighted by Crippen LogP contribution is 2.22. The summed E-state index contributed by atoms with van der Waals surface area (Å²) in [5.41, 5.74) is 5.17. The topological polar surface area (TPSA) is 84.7 Å². The summed E-state index contributed by atoms with van der Waals surface area (Å²) in [6.07, 6.45) is 5.00. The quantitative estimate of drug-likeness (QED) is 0.865. The smallest absolute Gasteiger partial charge is 0.271 e. The average Bonchev–Trinajstić information content (AvgIpc) is 3.17. The predicted octanol–water partition coefficient (Wildman–Crippen LogP) is 0.936. The summed E-state index contributed by atoms with van der Waals surface area (Å²) in [5, 5.41) is 10.7. The number of hydrogen-bond donors (Lipinski definition) is 2. The molecule has 7 nitrogen and oxygen atoms in total. The van der Waals surface area contributed by atoms with Gasteiger partial charge in [-0.15, -0.1) is 0 Å². The van der Waals surface area contributed by atoms with Crippen LogP contribution in [0.15, 0.2) is 6.07 Å². The summed E-state index contributed by atoms with van der Waals surface area (Å²) in [7, 11) is 0. The molecule has 4 rings (SSSR count). The van der Waals surface area contributed by atoms with E-state index >= 15 is 0 Å². The van der Waals surface area contributed by atoms with Crippen LogP contribution >= 0.6 is 0 Å². The molecule has 0 saturated heterocycles. The van der Waals surface area contributed by atoms with E-state index in [9.17, 15) is 4.79 Å². The van der Waals surface area contributed by atoms with E-state index in [1.54, 1.807) is 0 Å². The first kappa shape index (κ1) is 16.2. The minimum absolute atomic E-state index is 0.126. The lowest BCUT2D eigenvalue weighted by atomic mass is 10.2. The Hall–Kier alpha value is -2.28. The van der Waals surface area contributed by atoms with Gasteiger partial charge in [0, 0.05) is 37.4 Å². The first-order valence-electron chi connectivity index (χ1n) is 9.11. The van der Waals surface area contributed by atoms with Crippen molar-refractivity contribution in [3.63, 3.8) is 0 Å². The van der Waals surface area contributed by atoms with Gasteiger partial charge in [0.05, 0.1) is 5.69 Å². The van der Waals surface area contributed by atoms with Gasteiger partial charge in [-0.3, -0.25) is 9.48 Å². The Bertz CT molecular complexity index is 774. The third-order valence-electron chi connectivity index (χ3n) is 4.95. The van der Waals surface area contributed by atoms with Crippen LogP contribution in [0.3, 0.4) is 0 Å². The maximum Gasteiger partial charge on any atom is 0.271 e. The number of aryl methyl sites for hydroxylation is 3. The molecule has 7 heteroatoms. The molecule has 25 heavy (non-hydrogen) atoms. The van der Waals surface area contributed by atoms with Crippen LogP contribution < -0.4 is 10.6 Å². The van der Waals surface area contributed by atoms with Crippen LogP contribution in [0.1, 0.15) is 51.8 Å². The highest BCUT2D eigenvalue weighted by atomic mass is 16.1. The van der Waals surface area contributed by atoms with Crippen molar-refractivity contribution in [3.05, 3.63) is 40.2 Å². The Morgan fingerprint density at radius 3 is 3.16 bits per heavy atom. The van der Waals surface area contributed by atoms with Crippen molar-refractivity contribution in [3.8, 4) is 0 Å². The minimum atomic E-state index is -0.126. The third-order valence-corrected chi connectivity index (χ3v) is 4.95. The standard InChI is InChI=1S/C18H24N6O/c1-12-14-4-2-5-15(14)22-17(21-12)6-8-20-18(25)16-10-13-11-19-7-3-9-24(13)23-16/h10,19H,2-9,11H2,1H3,(H,20,25). The highest BCUT2D eigenvalue weighted by molar-refractivity contribution is 5.92. The number of amides is 1. The molecule has 0 bridgehead atoms. The van der Waals surface area contributed by atoms with Gasteiger partial charge in [0.15, 0.2) is 0 Å². The maximum atomic E-state index is 12.3. The van der Waals surface area contributed by atoms with Crippen molar-refractivity contribution in [1.82, 2.24) is 30.4 Å². The van der Waals surface area contributed by atoms with Gasteiger partial charge in [0.2, 0.25) is 0 Å². The highest BCUT2D eigenvalue weighted by Gasteiger charge is 2.18. The van der Waals surface area contributed by atoms with Gasteiger partial charge >= 0.3 is 0 Å². The van der Waals surface area contributed by atoms with Crippen molar-refractivity contribution in [2.24, 2.45) is 0 Å². The molecule has 0 saturated carbocycles. The zero-order valence-electron chi connectivity index (χ0n) is 14.6. The summed E-state index contributed by atoms with van der Waals surface area (Å²) >= 11 is 0. The lowest BCUT2D eigenvalue weighted by molar-refractivity contribution is 0.0948. The van der Waals surface area contributed by atoms with Crippen molar-refractivity contribution in [2.75, 3.05) is 13.1 Å². The van der Waals surface area contributed by atoms with Crippen molar-refractivity contribution in [1.29, 1.82) is 0 Å². The zero-order valence-corrected chi connectivity index (χ0v) is 14.6. The number of carbonyl (C=O) groups excluding carboxylic acids is 1. The van der Waals surface area contributed by atoms with Gasteiger partial charge < -0.3 is 10.6 Å². The monoisotopic (exact) mass is 340 g/mol. The van der Waals surface area contributed by atoms with E-state index in [1.807, 2.05) is 10.7 Å². The Kier molecular flexibility index (Phi) is 4.48. The number of hydrogen-bond acceptors (Lipinski definition) is 5. The van der Waals surface area contributed by atoms with E-state index < -0.39 is 0 Å². The number of carbonyl (C=O) groups is 1. The fourth-order valence-electron chi connectivity index (χ4n) is 3.65. The number of nitrogens with zero attached hydrogens (tertiary/aromatic N) is 4. The molecule has 2 N–H and O–H groups in total. The number of aromatic nitrogens is 4. The van der Waals surface area contributed by atoms with Crippen LogP contribution in [-0.4, -0.2) is 38.7 Å². The molecule has 1 aliphatic carbocycles. The number of rotatable bonds is 4. The Morgan fingerprint density at radius 2 is 2.24 bits per heavy atom. The fraction of sp³-hybridized carbons (Fsp3) is 0.556. The van der Waals surface area contributed by atoms with Crippen LogP contribution in [0.4, 0.5) is 0 Å². The first-order valence-corrected chi connectivity index (χ1v) is 9.11. The van der Waals surface area contributed by atoms with E-state index in [0.29, 0.717) is 18.7 Å². The van der Waals surface area contributed by atoms with Crippen LogP contribution in [0.25, 0.3) is 0 Å². The SMILES string of the molecule is Cc1nc(CCNC(=O)c2cc3n(n2)CCCNC3)nc2c1CCC2. The summed E-state index contributed by atoms with van der Waals surface area (Å²) in [4.78, 5) is 21.6. The van der Waals surface area contributed by atoms with Gasteiger partial charge in [-0.25, -0.2) is 9.97 Å². The average molecular weight is 340 g/mol. The van der Waals surface area contributed by atoms with E-state index in [-0.39, 0.29) is 5.91 Å². The first-order chi connectivity index (χ1) is 12.2. The molecule has 1 amide bonds. The summed E-state index contributed by atoms with van der Waals surface area (Å²) in [6.45, 7) is 5.20. The van der Waals surface area contributed by atoms with Crippen molar-refractivity contribution < 1.29 is 4.79 Å². The molecule has 2 aromatic heterocycles. The molecule has 2 aromatic rings. The Balaban J connectivity index is 1.36. The van der Waals surface area contributed by atoms with Gasteiger partial charge in [-0.1, -0.05) is 0 Å². The van der Waals surface area contributed by atoms with Crippen LogP contribution in [0, 0.1) is 6.92 Å². The largest absolute Gasteiger partial charge is 0.350 e. The predicted molar refractivity (Wildman–Crippen MR) is 93.4 cm³/mol. The maximum absolute atomic E-state index is 12.3. The minimum Gasteiger partial charge on any atom is -0.350 e. The Morgan fingerprint density at radius 1 is 1.32 bits per heavy atom. The lowest BCUT2D eigenvalue weighted by Crippen LogP contribution is -2.27. The molecule has 132 valence electrons. The van der Waals surface area contributed by atoms with Gasteiger partial charge in [-0.2, -0.15) is 5.10 Å². The third kappa shape index (κ3) is 3.42. The molecular formula is C18H24N6O. The summed E-state index contributed by atoms with van der Waals surface area (Å²) < 4.78 is 1.93. The molecule has 0 spiro atoms. The molecule has 3 heterocycles. The second kappa shape index (κ2) is 6.92. The van der Waals surface area contributed by atoms with Crippen LogP contribution in [-0.2, 0) is 32.4 Å². The molecule has 2 aliphatic rings. The second-order valence-corrected chi connectivity index (χ2v) is 6.78. The van der Waals surface area contributed by atoms with E-state index in [0.717, 1.165) is 56.1 Å². The van der Waals surface area contributed by atoms with Crippen molar-refractivity contribution in [2.45, 2.75) is 52.1 Å². The van der Waals surface area contributed by atoms with Crippen LogP contribution in [0.2, 0.25) is 0 Å². The van der Waals surface area contributed by atoms with Gasteiger partial charge in [-0.05, 0) is 50.8 Å². The summed E-state index contributed by atoms with van der Waals surface area (Å²) in [5.74, 6) is 0.696. The molecule has 0 fully saturated rings. The van der Waals surface area contributed by atoms with Crippen LogP contribution in [0.5, 0.6) is 0 Å². The fourth-order valence-corrected chi connectivity index (χ4v) is 3.65. The Labute approximate surface area is 147 Å². The summed E-state index contributed by atoms with van der Waals surface area (Å²) in [6, 6.07) is 1.88.